The summed E-state index contributed by atoms with van der Waals surface area (Å²) in [5, 5.41) is 22.5. The predicted octanol–water partition coefficient (Wildman–Crippen LogP) is 2.99. The van der Waals surface area contributed by atoms with Crippen LogP contribution in [0.5, 0.6) is 11.6 Å². The Labute approximate surface area is 157 Å². The fourth-order valence-electron chi connectivity index (χ4n) is 2.72. The molecule has 0 saturated carbocycles. The number of hydrogen-bond donors (Lipinski definition) is 3. The van der Waals surface area contributed by atoms with E-state index in [1.165, 1.54) is 5.56 Å². The fraction of sp³-hybridized carbons (Fsp3) is 0.190. The first-order valence-corrected chi connectivity index (χ1v) is 8.78. The first-order valence-electron chi connectivity index (χ1n) is 8.78. The maximum absolute atomic E-state index is 12.4. The molecule has 0 saturated heterocycles. The van der Waals surface area contributed by atoms with Crippen molar-refractivity contribution in [2.45, 2.75) is 25.8 Å². The number of carbonyl (C=O) groups is 1. The highest BCUT2D eigenvalue weighted by Crippen LogP contribution is 2.25. The summed E-state index contributed by atoms with van der Waals surface area (Å²) in [6.07, 6.45) is 2.09. The summed E-state index contributed by atoms with van der Waals surface area (Å²) >= 11 is 0. The molecule has 0 aliphatic rings. The molecule has 6 nitrogen and oxygen atoms in total. The second-order valence-electron chi connectivity index (χ2n) is 6.17. The average Bonchev–Trinajstić information content (AvgIpc) is 2.70. The number of nitrogens with zero attached hydrogens (tertiary/aromatic N) is 2. The van der Waals surface area contributed by atoms with Gasteiger partial charge in [0.05, 0.1) is 0 Å². The molecule has 3 rings (SSSR count). The average molecular weight is 363 g/mol. The van der Waals surface area contributed by atoms with E-state index in [-0.39, 0.29) is 5.69 Å². The molecule has 0 aliphatic heterocycles. The molecule has 2 aromatic carbocycles. The third kappa shape index (κ3) is 5.04. The molecule has 0 bridgehead atoms. The number of aromatic hydroxyl groups is 2. The zero-order valence-electron chi connectivity index (χ0n) is 14.8. The Bertz CT molecular complexity index is 899. The van der Waals surface area contributed by atoms with Crippen LogP contribution < -0.4 is 5.32 Å². The van der Waals surface area contributed by atoms with Crippen molar-refractivity contribution >= 4 is 5.91 Å². The molecule has 3 aromatic rings. The van der Waals surface area contributed by atoms with Crippen LogP contribution in [0, 0.1) is 0 Å². The third-order valence-corrected chi connectivity index (χ3v) is 4.13. The molecule has 0 aliphatic carbocycles. The van der Waals surface area contributed by atoms with Gasteiger partial charge in [-0.25, -0.2) is 4.98 Å². The van der Waals surface area contributed by atoms with Crippen LogP contribution in [0.1, 0.15) is 33.9 Å². The normalized spacial score (nSPS) is 10.5. The van der Waals surface area contributed by atoms with Crippen LogP contribution in [0.15, 0.2) is 60.7 Å². The lowest BCUT2D eigenvalue weighted by Crippen LogP contribution is -2.24. The van der Waals surface area contributed by atoms with Crippen LogP contribution >= 0.6 is 0 Å². The first-order chi connectivity index (χ1) is 13.1. The number of rotatable bonds is 7. The molecule has 1 heterocycles. The molecule has 0 radical (unpaired) electrons. The molecule has 1 aromatic heterocycles. The lowest BCUT2D eigenvalue weighted by Gasteiger charge is -2.09. The van der Waals surface area contributed by atoms with Gasteiger partial charge in [0.1, 0.15) is 5.82 Å². The smallest absolute Gasteiger partial charge is 0.274 e. The van der Waals surface area contributed by atoms with Gasteiger partial charge in [-0.3, -0.25) is 4.79 Å². The van der Waals surface area contributed by atoms with Gasteiger partial charge in [-0.1, -0.05) is 60.7 Å². The summed E-state index contributed by atoms with van der Waals surface area (Å²) in [6.45, 7) is 0.299. The molecule has 3 N–H and O–H groups in total. The summed E-state index contributed by atoms with van der Waals surface area (Å²) in [5.41, 5.74) is 1.90. The molecule has 138 valence electrons. The molecule has 1 amide bonds. The Morgan fingerprint density at radius 2 is 1.48 bits per heavy atom. The topological polar surface area (TPSA) is 95.3 Å². The molecule has 0 unspecified atom stereocenters. The van der Waals surface area contributed by atoms with Gasteiger partial charge in [0, 0.05) is 13.0 Å². The van der Waals surface area contributed by atoms with Crippen molar-refractivity contribution in [1.82, 2.24) is 15.3 Å². The standard InChI is InChI=1S/C21H21N3O3/c25-19-18(20(26)22-14-16-10-5-2-6-11-16)23-17(24-21(19)27)13-7-12-15-8-3-1-4-9-15/h1-6,8-11,25H,7,12-14H2,(H,22,26)(H,23,24,27). The summed E-state index contributed by atoms with van der Waals surface area (Å²) < 4.78 is 0. The van der Waals surface area contributed by atoms with Crippen LogP contribution in [-0.2, 0) is 19.4 Å². The van der Waals surface area contributed by atoms with Crippen LogP contribution in [0.25, 0.3) is 0 Å². The number of aromatic nitrogens is 2. The maximum Gasteiger partial charge on any atom is 0.274 e. The first kappa shape index (κ1) is 18.4. The Hall–Kier alpha value is -3.41. The molecule has 27 heavy (non-hydrogen) atoms. The van der Waals surface area contributed by atoms with Crippen molar-refractivity contribution in [1.29, 1.82) is 0 Å². The Kier molecular flexibility index (Phi) is 5.99. The minimum atomic E-state index is -0.604. The van der Waals surface area contributed by atoms with Crippen molar-refractivity contribution in [3.05, 3.63) is 83.3 Å². The monoisotopic (exact) mass is 363 g/mol. The van der Waals surface area contributed by atoms with E-state index in [2.05, 4.69) is 15.3 Å². The van der Waals surface area contributed by atoms with E-state index in [9.17, 15) is 15.0 Å². The highest BCUT2D eigenvalue weighted by atomic mass is 16.3. The van der Waals surface area contributed by atoms with Gasteiger partial charge in [-0.2, -0.15) is 4.98 Å². The van der Waals surface area contributed by atoms with Crippen molar-refractivity contribution < 1.29 is 15.0 Å². The minimum Gasteiger partial charge on any atom is -0.501 e. The Morgan fingerprint density at radius 1 is 0.852 bits per heavy atom. The predicted molar refractivity (Wildman–Crippen MR) is 101 cm³/mol. The zero-order chi connectivity index (χ0) is 19.1. The van der Waals surface area contributed by atoms with E-state index in [1.807, 2.05) is 60.7 Å². The fourth-order valence-corrected chi connectivity index (χ4v) is 2.72. The lowest BCUT2D eigenvalue weighted by atomic mass is 10.1. The molecule has 6 heteroatoms. The number of amides is 1. The van der Waals surface area contributed by atoms with E-state index in [1.54, 1.807) is 0 Å². The zero-order valence-corrected chi connectivity index (χ0v) is 14.8. The number of benzene rings is 2. The largest absolute Gasteiger partial charge is 0.501 e. The van der Waals surface area contributed by atoms with Crippen molar-refractivity contribution in [3.63, 3.8) is 0 Å². The van der Waals surface area contributed by atoms with Gasteiger partial charge in [0.15, 0.2) is 5.69 Å². The van der Waals surface area contributed by atoms with Gasteiger partial charge < -0.3 is 15.5 Å². The van der Waals surface area contributed by atoms with Crippen LogP contribution in [-0.4, -0.2) is 26.1 Å². The third-order valence-electron chi connectivity index (χ3n) is 4.13. The van der Waals surface area contributed by atoms with Crippen LogP contribution in [0.3, 0.4) is 0 Å². The van der Waals surface area contributed by atoms with E-state index in [0.29, 0.717) is 18.8 Å². The van der Waals surface area contributed by atoms with Gasteiger partial charge in [-0.15, -0.1) is 0 Å². The Morgan fingerprint density at radius 3 is 2.15 bits per heavy atom. The highest BCUT2D eigenvalue weighted by molar-refractivity contribution is 5.95. The van der Waals surface area contributed by atoms with E-state index in [0.717, 1.165) is 18.4 Å². The summed E-state index contributed by atoms with van der Waals surface area (Å²) in [7, 11) is 0. The van der Waals surface area contributed by atoms with E-state index >= 15 is 0 Å². The van der Waals surface area contributed by atoms with Gasteiger partial charge in [0.25, 0.3) is 11.8 Å². The summed E-state index contributed by atoms with van der Waals surface area (Å²) in [4.78, 5) is 20.4. The van der Waals surface area contributed by atoms with Gasteiger partial charge in [-0.05, 0) is 24.0 Å². The Balaban J connectivity index is 1.65. The summed E-state index contributed by atoms with van der Waals surface area (Å²) in [5.74, 6) is -1.42. The van der Waals surface area contributed by atoms with Crippen molar-refractivity contribution in [2.75, 3.05) is 0 Å². The van der Waals surface area contributed by atoms with Crippen LogP contribution in [0.2, 0.25) is 0 Å². The van der Waals surface area contributed by atoms with E-state index < -0.39 is 17.5 Å². The van der Waals surface area contributed by atoms with Crippen molar-refractivity contribution in [2.24, 2.45) is 0 Å². The van der Waals surface area contributed by atoms with Crippen LogP contribution in [0.4, 0.5) is 0 Å². The van der Waals surface area contributed by atoms with Gasteiger partial charge >= 0.3 is 0 Å². The maximum atomic E-state index is 12.4. The second kappa shape index (κ2) is 8.80. The number of carbonyl (C=O) groups excluding carboxylic acids is 1. The summed E-state index contributed by atoms with van der Waals surface area (Å²) in [6, 6.07) is 19.4. The molecular formula is C21H21N3O3. The highest BCUT2D eigenvalue weighted by Gasteiger charge is 2.19. The molecule has 0 atom stereocenters. The van der Waals surface area contributed by atoms with E-state index in [4.69, 9.17) is 0 Å². The molecular weight excluding hydrogens is 342 g/mol. The molecule has 0 spiro atoms. The second-order valence-corrected chi connectivity index (χ2v) is 6.17. The van der Waals surface area contributed by atoms with Gasteiger partial charge in [0.2, 0.25) is 5.75 Å². The minimum absolute atomic E-state index is 0.215. The number of aryl methyl sites for hydroxylation is 2. The molecule has 0 fully saturated rings. The SMILES string of the molecule is O=C(NCc1ccccc1)c1nc(CCCc2ccccc2)nc(O)c1O. The quantitative estimate of drug-likeness (QED) is 0.600. The van der Waals surface area contributed by atoms with Crippen molar-refractivity contribution in [3.8, 4) is 11.6 Å². The lowest BCUT2D eigenvalue weighted by molar-refractivity contribution is 0.0941. The number of hydrogen-bond acceptors (Lipinski definition) is 5. The number of nitrogens with one attached hydrogen (secondary N) is 1.